The van der Waals surface area contributed by atoms with Crippen LogP contribution in [0.1, 0.15) is 6.92 Å². The number of ether oxygens (including phenoxy) is 1. The molecule has 6 heteroatoms. The third-order valence-electron chi connectivity index (χ3n) is 2.45. The number of nitrogens with one attached hydrogen (secondary N) is 1. The number of carbonyl (C=O) groups excluding carboxylic acids is 2. The lowest BCUT2D eigenvalue weighted by molar-refractivity contribution is -0.170. The first-order chi connectivity index (χ1) is 8.39. The minimum absolute atomic E-state index is 0.444. The zero-order chi connectivity index (χ0) is 13.8. The van der Waals surface area contributed by atoms with Crippen molar-refractivity contribution in [3.63, 3.8) is 0 Å². The molecule has 3 N–H and O–H groups in total. The van der Waals surface area contributed by atoms with Crippen LogP contribution >= 0.6 is 0 Å². The second kappa shape index (κ2) is 5.61. The van der Waals surface area contributed by atoms with Crippen molar-refractivity contribution in [3.05, 3.63) is 30.3 Å². The molecule has 1 amide bonds. The van der Waals surface area contributed by atoms with E-state index in [4.69, 9.17) is 0 Å². The summed E-state index contributed by atoms with van der Waals surface area (Å²) < 4.78 is 4.27. The maximum Gasteiger partial charge on any atom is 0.338 e. The number of carbonyl (C=O) groups is 2. The van der Waals surface area contributed by atoms with Gasteiger partial charge in [-0.25, -0.2) is 4.79 Å². The second-order valence-corrected chi connectivity index (χ2v) is 3.89. The van der Waals surface area contributed by atoms with Crippen molar-refractivity contribution < 1.29 is 24.5 Å². The third kappa shape index (κ3) is 3.06. The smallest absolute Gasteiger partial charge is 0.338 e. The summed E-state index contributed by atoms with van der Waals surface area (Å²) in [7, 11) is 1.05. The van der Waals surface area contributed by atoms with E-state index in [2.05, 4.69) is 10.1 Å². The molecular formula is C12H15NO5. The van der Waals surface area contributed by atoms with E-state index < -0.39 is 23.6 Å². The Morgan fingerprint density at radius 3 is 2.39 bits per heavy atom. The SMILES string of the molecule is COC(=O)[C@@H](O)[C@@](C)(O)C(=O)Nc1ccccc1. The van der Waals surface area contributed by atoms with Crippen LogP contribution in [0, 0.1) is 0 Å². The van der Waals surface area contributed by atoms with Crippen LogP contribution in [0.15, 0.2) is 30.3 Å². The van der Waals surface area contributed by atoms with Gasteiger partial charge in [-0.05, 0) is 19.1 Å². The standard InChI is InChI=1S/C12H15NO5/c1-12(17,9(14)10(15)18-2)11(16)13-8-6-4-3-5-7-8/h3-7,9,14,17H,1-2H3,(H,13,16)/t9-,12-/m1/s1. The molecule has 0 aliphatic heterocycles. The molecule has 0 aliphatic rings. The van der Waals surface area contributed by atoms with E-state index in [9.17, 15) is 19.8 Å². The summed E-state index contributed by atoms with van der Waals surface area (Å²) in [6.07, 6.45) is -1.95. The Bertz CT molecular complexity index is 429. The molecule has 98 valence electrons. The van der Waals surface area contributed by atoms with Crippen LogP contribution in [-0.2, 0) is 14.3 Å². The summed E-state index contributed by atoms with van der Waals surface area (Å²) in [5, 5.41) is 21.7. The van der Waals surface area contributed by atoms with Crippen LogP contribution in [0.5, 0.6) is 0 Å². The van der Waals surface area contributed by atoms with Crippen molar-refractivity contribution in [2.45, 2.75) is 18.6 Å². The lowest BCUT2D eigenvalue weighted by Gasteiger charge is -2.25. The van der Waals surface area contributed by atoms with Crippen LogP contribution in [0.25, 0.3) is 0 Å². The summed E-state index contributed by atoms with van der Waals surface area (Å²) in [5.41, 5.74) is -1.83. The van der Waals surface area contributed by atoms with Gasteiger partial charge in [0.25, 0.3) is 5.91 Å². The van der Waals surface area contributed by atoms with Crippen LogP contribution in [0.4, 0.5) is 5.69 Å². The Hall–Kier alpha value is -1.92. The lowest BCUT2D eigenvalue weighted by atomic mass is 9.98. The number of amides is 1. The Labute approximate surface area is 104 Å². The number of hydrogen-bond donors (Lipinski definition) is 3. The molecule has 0 bridgehead atoms. The van der Waals surface area contributed by atoms with E-state index in [0.29, 0.717) is 5.69 Å². The molecule has 0 fully saturated rings. The fraction of sp³-hybridized carbons (Fsp3) is 0.333. The summed E-state index contributed by atoms with van der Waals surface area (Å²) >= 11 is 0. The molecule has 2 atom stereocenters. The molecule has 0 saturated heterocycles. The molecule has 0 unspecified atom stereocenters. The molecule has 0 aliphatic carbocycles. The molecule has 1 aromatic carbocycles. The Kier molecular flexibility index (Phi) is 4.41. The fourth-order valence-corrected chi connectivity index (χ4v) is 1.24. The van der Waals surface area contributed by atoms with Gasteiger partial charge in [0.2, 0.25) is 0 Å². The van der Waals surface area contributed by atoms with Crippen molar-refractivity contribution in [1.29, 1.82) is 0 Å². The van der Waals surface area contributed by atoms with Gasteiger partial charge in [0.1, 0.15) is 0 Å². The van der Waals surface area contributed by atoms with Crippen LogP contribution in [-0.4, -0.2) is 40.9 Å². The van der Waals surface area contributed by atoms with E-state index in [1.54, 1.807) is 30.3 Å². The van der Waals surface area contributed by atoms with Gasteiger partial charge in [-0.15, -0.1) is 0 Å². The van der Waals surface area contributed by atoms with E-state index >= 15 is 0 Å². The van der Waals surface area contributed by atoms with Crippen molar-refractivity contribution >= 4 is 17.6 Å². The molecule has 6 nitrogen and oxygen atoms in total. The minimum atomic E-state index is -2.27. The molecule has 0 saturated carbocycles. The van der Waals surface area contributed by atoms with E-state index in [-0.39, 0.29) is 0 Å². The number of anilines is 1. The Morgan fingerprint density at radius 2 is 1.89 bits per heavy atom. The number of benzene rings is 1. The molecule has 1 aromatic rings. The largest absolute Gasteiger partial charge is 0.467 e. The normalized spacial score (nSPS) is 15.3. The van der Waals surface area contributed by atoms with Crippen molar-refractivity contribution in [2.24, 2.45) is 0 Å². The van der Waals surface area contributed by atoms with E-state index in [1.807, 2.05) is 0 Å². The second-order valence-electron chi connectivity index (χ2n) is 3.89. The van der Waals surface area contributed by atoms with Crippen molar-refractivity contribution in [2.75, 3.05) is 12.4 Å². The summed E-state index contributed by atoms with van der Waals surface area (Å²) in [4.78, 5) is 22.9. The summed E-state index contributed by atoms with van der Waals surface area (Å²) in [6.45, 7) is 1.03. The number of para-hydroxylation sites is 1. The van der Waals surface area contributed by atoms with Gasteiger partial charge in [0, 0.05) is 5.69 Å². The van der Waals surface area contributed by atoms with Crippen molar-refractivity contribution in [1.82, 2.24) is 0 Å². The topological polar surface area (TPSA) is 95.9 Å². The molecular weight excluding hydrogens is 238 g/mol. The molecule has 0 spiro atoms. The average Bonchev–Trinajstić information content (AvgIpc) is 2.37. The molecule has 1 rings (SSSR count). The number of rotatable bonds is 4. The molecule has 0 aromatic heterocycles. The first kappa shape index (κ1) is 14.1. The summed E-state index contributed by atoms with van der Waals surface area (Å²) in [5.74, 6) is -1.98. The maximum absolute atomic E-state index is 11.8. The Morgan fingerprint density at radius 1 is 1.33 bits per heavy atom. The number of aliphatic hydroxyl groups is 2. The zero-order valence-corrected chi connectivity index (χ0v) is 10.1. The number of aliphatic hydroxyl groups excluding tert-OH is 1. The van der Waals surface area contributed by atoms with Gasteiger partial charge < -0.3 is 20.3 Å². The van der Waals surface area contributed by atoms with E-state index in [0.717, 1.165) is 14.0 Å². The highest BCUT2D eigenvalue weighted by Crippen LogP contribution is 2.15. The average molecular weight is 253 g/mol. The predicted octanol–water partition coefficient (Wildman–Crippen LogP) is -0.0900. The quantitative estimate of drug-likeness (QED) is 0.652. The van der Waals surface area contributed by atoms with Gasteiger partial charge in [-0.1, -0.05) is 18.2 Å². The first-order valence-electron chi connectivity index (χ1n) is 5.24. The van der Waals surface area contributed by atoms with Crippen molar-refractivity contribution in [3.8, 4) is 0 Å². The monoisotopic (exact) mass is 253 g/mol. The molecule has 0 radical (unpaired) electrons. The van der Waals surface area contributed by atoms with Gasteiger partial charge in [0.05, 0.1) is 7.11 Å². The number of methoxy groups -OCH3 is 1. The van der Waals surface area contributed by atoms with Gasteiger partial charge in [-0.2, -0.15) is 0 Å². The highest BCUT2D eigenvalue weighted by molar-refractivity contribution is 6.00. The highest BCUT2D eigenvalue weighted by atomic mass is 16.5. The Balaban J connectivity index is 2.79. The lowest BCUT2D eigenvalue weighted by Crippen LogP contribution is -2.53. The molecule has 0 heterocycles. The molecule has 18 heavy (non-hydrogen) atoms. The fourth-order valence-electron chi connectivity index (χ4n) is 1.24. The van der Waals surface area contributed by atoms with Gasteiger partial charge >= 0.3 is 5.97 Å². The maximum atomic E-state index is 11.8. The van der Waals surface area contributed by atoms with Crippen LogP contribution in [0.2, 0.25) is 0 Å². The highest BCUT2D eigenvalue weighted by Gasteiger charge is 2.43. The van der Waals surface area contributed by atoms with Crippen LogP contribution < -0.4 is 5.32 Å². The van der Waals surface area contributed by atoms with Gasteiger partial charge in [0.15, 0.2) is 11.7 Å². The minimum Gasteiger partial charge on any atom is -0.467 e. The zero-order valence-electron chi connectivity index (χ0n) is 10.1. The third-order valence-corrected chi connectivity index (χ3v) is 2.45. The summed E-state index contributed by atoms with van der Waals surface area (Å²) in [6, 6.07) is 8.37. The number of esters is 1. The van der Waals surface area contributed by atoms with Gasteiger partial charge in [-0.3, -0.25) is 4.79 Å². The van der Waals surface area contributed by atoms with Crippen LogP contribution in [0.3, 0.4) is 0 Å². The first-order valence-corrected chi connectivity index (χ1v) is 5.24. The van der Waals surface area contributed by atoms with E-state index in [1.165, 1.54) is 0 Å². The number of hydrogen-bond acceptors (Lipinski definition) is 5. The predicted molar refractivity (Wildman–Crippen MR) is 63.7 cm³/mol.